The number of carbonyl (C=O) groups excluding carboxylic acids is 2. The monoisotopic (exact) mass is 248 g/mol. The fourth-order valence-electron chi connectivity index (χ4n) is 1.93. The molecule has 6 nitrogen and oxygen atoms in total. The number of anilines is 2. The van der Waals surface area contributed by atoms with Gasteiger partial charge in [-0.15, -0.1) is 0 Å². The SMILES string of the molecule is Nc1ccc(C(=O)NCC2CCC(=O)N2)c(N)c1. The van der Waals surface area contributed by atoms with Crippen LogP contribution >= 0.6 is 0 Å². The summed E-state index contributed by atoms with van der Waals surface area (Å²) >= 11 is 0. The van der Waals surface area contributed by atoms with Gasteiger partial charge in [0.1, 0.15) is 0 Å². The molecule has 1 fully saturated rings. The molecule has 1 aliphatic rings. The molecule has 0 aliphatic carbocycles. The third-order valence-corrected chi connectivity index (χ3v) is 2.91. The van der Waals surface area contributed by atoms with Gasteiger partial charge in [-0.25, -0.2) is 0 Å². The Hall–Kier alpha value is -2.24. The Balaban J connectivity index is 1.93. The molecule has 0 radical (unpaired) electrons. The van der Waals surface area contributed by atoms with E-state index in [1.54, 1.807) is 18.2 Å². The van der Waals surface area contributed by atoms with Crippen molar-refractivity contribution in [2.24, 2.45) is 0 Å². The molecule has 2 rings (SSSR count). The number of nitrogens with one attached hydrogen (secondary N) is 2. The van der Waals surface area contributed by atoms with Gasteiger partial charge in [-0.2, -0.15) is 0 Å². The third-order valence-electron chi connectivity index (χ3n) is 2.91. The second kappa shape index (κ2) is 4.95. The van der Waals surface area contributed by atoms with Crippen LogP contribution < -0.4 is 22.1 Å². The van der Waals surface area contributed by atoms with Gasteiger partial charge < -0.3 is 22.1 Å². The Labute approximate surface area is 105 Å². The molecule has 1 aromatic rings. The summed E-state index contributed by atoms with van der Waals surface area (Å²) in [6.45, 7) is 0.411. The second-order valence-corrected chi connectivity index (χ2v) is 4.36. The lowest BCUT2D eigenvalue weighted by atomic mass is 10.1. The van der Waals surface area contributed by atoms with Crippen molar-refractivity contribution in [3.63, 3.8) is 0 Å². The predicted octanol–water partition coefficient (Wildman–Crippen LogP) is -0.141. The zero-order chi connectivity index (χ0) is 13.1. The van der Waals surface area contributed by atoms with Crippen LogP contribution in [0.4, 0.5) is 11.4 Å². The van der Waals surface area contributed by atoms with Gasteiger partial charge in [0.25, 0.3) is 5.91 Å². The molecule has 1 atom stereocenters. The topological polar surface area (TPSA) is 110 Å². The van der Waals surface area contributed by atoms with Crippen molar-refractivity contribution in [2.75, 3.05) is 18.0 Å². The van der Waals surface area contributed by atoms with Gasteiger partial charge in [0.15, 0.2) is 0 Å². The molecule has 6 N–H and O–H groups in total. The van der Waals surface area contributed by atoms with Crippen LogP contribution in [0.15, 0.2) is 18.2 Å². The highest BCUT2D eigenvalue weighted by atomic mass is 16.2. The number of hydrogen-bond donors (Lipinski definition) is 4. The molecule has 18 heavy (non-hydrogen) atoms. The molecule has 0 saturated carbocycles. The van der Waals surface area contributed by atoms with E-state index in [2.05, 4.69) is 10.6 Å². The largest absolute Gasteiger partial charge is 0.399 e. The van der Waals surface area contributed by atoms with E-state index in [0.717, 1.165) is 6.42 Å². The Kier molecular flexibility index (Phi) is 3.36. The molecular formula is C12H16N4O2. The summed E-state index contributed by atoms with van der Waals surface area (Å²) < 4.78 is 0. The lowest BCUT2D eigenvalue weighted by molar-refractivity contribution is -0.119. The molecule has 1 unspecified atom stereocenters. The second-order valence-electron chi connectivity index (χ2n) is 4.36. The van der Waals surface area contributed by atoms with Crippen LogP contribution in [0.2, 0.25) is 0 Å². The van der Waals surface area contributed by atoms with Crippen LogP contribution in [0, 0.1) is 0 Å². The van der Waals surface area contributed by atoms with Gasteiger partial charge in [0, 0.05) is 30.4 Å². The van der Waals surface area contributed by atoms with E-state index in [-0.39, 0.29) is 17.9 Å². The maximum absolute atomic E-state index is 11.9. The molecule has 1 aliphatic heterocycles. The first kappa shape index (κ1) is 12.2. The van der Waals surface area contributed by atoms with Gasteiger partial charge in [-0.1, -0.05) is 0 Å². The van der Waals surface area contributed by atoms with E-state index in [1.165, 1.54) is 0 Å². The number of benzene rings is 1. The van der Waals surface area contributed by atoms with Crippen molar-refractivity contribution in [1.82, 2.24) is 10.6 Å². The molecule has 1 heterocycles. The highest BCUT2D eigenvalue weighted by molar-refractivity contribution is 5.99. The van der Waals surface area contributed by atoms with Crippen LogP contribution in [-0.2, 0) is 4.79 Å². The minimum Gasteiger partial charge on any atom is -0.399 e. The molecule has 1 saturated heterocycles. The zero-order valence-corrected chi connectivity index (χ0v) is 9.90. The van der Waals surface area contributed by atoms with E-state index >= 15 is 0 Å². The maximum atomic E-state index is 11.9. The fourth-order valence-corrected chi connectivity index (χ4v) is 1.93. The summed E-state index contributed by atoms with van der Waals surface area (Å²) in [5.74, 6) is -0.227. The standard InChI is InChI=1S/C12H16N4O2/c13-7-1-3-9(10(14)5-7)12(18)15-6-8-2-4-11(17)16-8/h1,3,5,8H,2,4,6,13-14H2,(H,15,18)(H,16,17). The van der Waals surface area contributed by atoms with Crippen LogP contribution in [-0.4, -0.2) is 24.4 Å². The molecule has 0 aromatic heterocycles. The van der Waals surface area contributed by atoms with Crippen molar-refractivity contribution in [2.45, 2.75) is 18.9 Å². The Morgan fingerprint density at radius 2 is 2.22 bits per heavy atom. The van der Waals surface area contributed by atoms with Gasteiger partial charge in [-0.3, -0.25) is 9.59 Å². The zero-order valence-electron chi connectivity index (χ0n) is 9.90. The van der Waals surface area contributed by atoms with E-state index < -0.39 is 0 Å². The number of amides is 2. The minimum atomic E-state index is -0.256. The molecule has 0 spiro atoms. The van der Waals surface area contributed by atoms with Crippen molar-refractivity contribution in [3.05, 3.63) is 23.8 Å². The Morgan fingerprint density at radius 1 is 1.44 bits per heavy atom. The van der Waals surface area contributed by atoms with E-state index in [9.17, 15) is 9.59 Å². The summed E-state index contributed by atoms with van der Waals surface area (Å²) in [7, 11) is 0. The first-order chi connectivity index (χ1) is 8.56. The molecule has 2 amide bonds. The molecule has 1 aromatic carbocycles. The van der Waals surface area contributed by atoms with Crippen LogP contribution in [0.5, 0.6) is 0 Å². The minimum absolute atomic E-state index is 0.0106. The summed E-state index contributed by atoms with van der Waals surface area (Å²) in [6.07, 6.45) is 1.26. The predicted molar refractivity (Wildman–Crippen MR) is 68.8 cm³/mol. The lowest BCUT2D eigenvalue weighted by Crippen LogP contribution is -2.38. The van der Waals surface area contributed by atoms with Crippen molar-refractivity contribution in [3.8, 4) is 0 Å². The third kappa shape index (κ3) is 2.71. The van der Waals surface area contributed by atoms with Crippen LogP contribution in [0.25, 0.3) is 0 Å². The maximum Gasteiger partial charge on any atom is 0.253 e. The molecular weight excluding hydrogens is 232 g/mol. The van der Waals surface area contributed by atoms with Gasteiger partial charge in [-0.05, 0) is 24.6 Å². The van der Waals surface area contributed by atoms with Crippen molar-refractivity contribution in [1.29, 1.82) is 0 Å². The molecule has 96 valence electrons. The van der Waals surface area contributed by atoms with Crippen LogP contribution in [0.3, 0.4) is 0 Å². The average molecular weight is 248 g/mol. The van der Waals surface area contributed by atoms with Gasteiger partial charge >= 0.3 is 0 Å². The van der Waals surface area contributed by atoms with Gasteiger partial charge in [0.05, 0.1) is 5.56 Å². The Morgan fingerprint density at radius 3 is 2.83 bits per heavy atom. The first-order valence-electron chi connectivity index (χ1n) is 5.79. The number of rotatable bonds is 3. The van der Waals surface area contributed by atoms with E-state index in [4.69, 9.17) is 11.5 Å². The number of hydrogen-bond acceptors (Lipinski definition) is 4. The smallest absolute Gasteiger partial charge is 0.253 e. The molecule has 6 heteroatoms. The highest BCUT2D eigenvalue weighted by Gasteiger charge is 2.21. The fraction of sp³-hybridized carbons (Fsp3) is 0.333. The lowest BCUT2D eigenvalue weighted by Gasteiger charge is -2.12. The van der Waals surface area contributed by atoms with Gasteiger partial charge in [0.2, 0.25) is 5.91 Å². The highest BCUT2D eigenvalue weighted by Crippen LogP contribution is 2.15. The number of nitrogens with two attached hydrogens (primary N) is 2. The van der Waals surface area contributed by atoms with Crippen LogP contribution in [0.1, 0.15) is 23.2 Å². The van der Waals surface area contributed by atoms with Crippen molar-refractivity contribution < 1.29 is 9.59 Å². The number of carbonyl (C=O) groups is 2. The van der Waals surface area contributed by atoms with E-state index in [0.29, 0.717) is 29.9 Å². The first-order valence-corrected chi connectivity index (χ1v) is 5.79. The average Bonchev–Trinajstić information content (AvgIpc) is 2.72. The summed E-state index contributed by atoms with van der Waals surface area (Å²) in [4.78, 5) is 22.9. The summed E-state index contributed by atoms with van der Waals surface area (Å²) in [5.41, 5.74) is 12.5. The van der Waals surface area contributed by atoms with Crippen molar-refractivity contribution >= 4 is 23.2 Å². The Bertz CT molecular complexity index is 487. The molecule has 0 bridgehead atoms. The summed E-state index contributed by atoms with van der Waals surface area (Å²) in [6, 6.07) is 4.78. The van der Waals surface area contributed by atoms with E-state index in [1.807, 2.05) is 0 Å². The number of nitrogen functional groups attached to an aromatic ring is 2. The summed E-state index contributed by atoms with van der Waals surface area (Å²) in [5, 5.41) is 5.53. The normalized spacial score (nSPS) is 18.4. The quantitative estimate of drug-likeness (QED) is 0.558.